The van der Waals surface area contributed by atoms with E-state index < -0.39 is 21.6 Å². The zero-order valence-corrected chi connectivity index (χ0v) is 21.7. The minimum atomic E-state index is -4.00. The van der Waals surface area contributed by atoms with E-state index in [1.165, 1.54) is 83.5 Å². The summed E-state index contributed by atoms with van der Waals surface area (Å²) in [5.74, 6) is -0.690. The molecular formula is C20H39NaO5S2. The number of unbranched alkanes of at least 4 members (excludes halogenated alkanes) is 15. The third-order valence-corrected chi connectivity index (χ3v) is 5.28. The smallest absolute Gasteiger partial charge is 0.748 e. The minimum absolute atomic E-state index is 0. The second kappa shape index (κ2) is 22.4. The van der Waals surface area contributed by atoms with Gasteiger partial charge in [-0.2, -0.15) is 0 Å². The number of carbonyl (C=O) groups is 1. The zero-order chi connectivity index (χ0) is 20.2. The van der Waals surface area contributed by atoms with E-state index in [1.54, 1.807) is 0 Å². The summed E-state index contributed by atoms with van der Waals surface area (Å²) in [4.78, 5) is 11.2. The molecule has 0 aliphatic carbocycles. The number of ether oxygens (including phenoxy) is 1. The first-order valence-electron chi connectivity index (χ1n) is 10.7. The van der Waals surface area contributed by atoms with Crippen molar-refractivity contribution in [3.05, 3.63) is 0 Å². The second-order valence-electron chi connectivity index (χ2n) is 7.19. The maximum atomic E-state index is 11.2. The quantitative estimate of drug-likeness (QED) is 0.163. The van der Waals surface area contributed by atoms with Gasteiger partial charge in [-0.1, -0.05) is 103 Å². The molecule has 162 valence electrons. The van der Waals surface area contributed by atoms with Crippen molar-refractivity contribution in [1.29, 1.82) is 0 Å². The predicted octanol–water partition coefficient (Wildman–Crippen LogP) is 2.60. The van der Waals surface area contributed by atoms with Gasteiger partial charge in [0, 0.05) is 0 Å². The summed E-state index contributed by atoms with van der Waals surface area (Å²) in [6, 6.07) is 0. The van der Waals surface area contributed by atoms with Gasteiger partial charge in [0.05, 0.1) is 15.7 Å². The predicted molar refractivity (Wildman–Crippen MR) is 113 cm³/mol. The Kier molecular flexibility index (Phi) is 24.8. The van der Waals surface area contributed by atoms with Crippen molar-refractivity contribution in [3.8, 4) is 0 Å². The molecule has 0 amide bonds. The first-order valence-corrected chi connectivity index (χ1v) is 13.0. The third-order valence-electron chi connectivity index (χ3n) is 4.58. The molecule has 1 unspecified atom stereocenters. The van der Waals surface area contributed by atoms with Crippen molar-refractivity contribution in [3.63, 3.8) is 0 Å². The van der Waals surface area contributed by atoms with Gasteiger partial charge >= 0.3 is 35.5 Å². The molecule has 0 fully saturated rings. The van der Waals surface area contributed by atoms with Crippen molar-refractivity contribution >= 4 is 26.2 Å². The van der Waals surface area contributed by atoms with E-state index in [0.717, 1.165) is 19.3 Å². The molecule has 0 aliphatic heterocycles. The molecule has 1 atom stereocenters. The maximum Gasteiger partial charge on any atom is 1.00 e. The van der Waals surface area contributed by atoms with E-state index in [4.69, 9.17) is 4.74 Å². The van der Waals surface area contributed by atoms with Gasteiger partial charge in [-0.05, 0) is 17.6 Å². The van der Waals surface area contributed by atoms with Crippen LogP contribution in [0.5, 0.6) is 0 Å². The Morgan fingerprint density at radius 1 is 0.786 bits per heavy atom. The average molecular weight is 447 g/mol. The normalized spacial score (nSPS) is 12.9. The van der Waals surface area contributed by atoms with E-state index >= 15 is 0 Å². The molecule has 8 heteroatoms. The van der Waals surface area contributed by atoms with Crippen molar-refractivity contribution < 1.29 is 52.0 Å². The second-order valence-corrected chi connectivity index (χ2v) is 9.47. The summed E-state index contributed by atoms with van der Waals surface area (Å²) in [7, 11) is -4.00. The molecule has 0 saturated heterocycles. The third kappa shape index (κ3) is 26.8. The summed E-state index contributed by atoms with van der Waals surface area (Å²) >= 11 is 4.00. The number of rotatable bonds is 20. The van der Waals surface area contributed by atoms with Crippen molar-refractivity contribution in [2.24, 2.45) is 0 Å². The van der Waals surface area contributed by atoms with Crippen LogP contribution in [0, 0.1) is 0 Å². The van der Waals surface area contributed by atoms with Crippen molar-refractivity contribution in [2.75, 3.05) is 13.2 Å². The Morgan fingerprint density at radius 3 is 1.50 bits per heavy atom. The number of esters is 1. The monoisotopic (exact) mass is 446 g/mol. The van der Waals surface area contributed by atoms with Crippen LogP contribution in [0.2, 0.25) is 0 Å². The van der Waals surface area contributed by atoms with Gasteiger partial charge in [-0.15, -0.1) is 0 Å². The Labute approximate surface area is 200 Å². The standard InChI is InChI=1S/C20H40O5S2.Na/c1-2-3-4-5-6-7-8-9-10-11-12-13-14-15-16-17-18-24-20(21)19-25-27(22,23)26;/h2-19H2,1H3,(H,22,23,26);/q;+1/p-1. The minimum Gasteiger partial charge on any atom is -0.748 e. The zero-order valence-electron chi connectivity index (χ0n) is 18.1. The molecule has 0 N–H and O–H groups in total. The van der Waals surface area contributed by atoms with Crippen LogP contribution in [0.3, 0.4) is 0 Å². The van der Waals surface area contributed by atoms with Crippen LogP contribution in [-0.2, 0) is 34.0 Å². The van der Waals surface area contributed by atoms with E-state index in [-0.39, 0.29) is 29.6 Å². The van der Waals surface area contributed by atoms with Crippen LogP contribution in [0.25, 0.3) is 0 Å². The maximum absolute atomic E-state index is 11.2. The summed E-state index contributed by atoms with van der Waals surface area (Å²) in [5.41, 5.74) is 0. The first kappa shape index (κ1) is 30.9. The van der Waals surface area contributed by atoms with Gasteiger partial charge in [0.2, 0.25) is 0 Å². The van der Waals surface area contributed by atoms with Gasteiger partial charge in [0.1, 0.15) is 0 Å². The van der Waals surface area contributed by atoms with Crippen LogP contribution in [0.4, 0.5) is 0 Å². The molecule has 28 heavy (non-hydrogen) atoms. The van der Waals surface area contributed by atoms with E-state index in [2.05, 4.69) is 22.3 Å². The molecule has 0 spiro atoms. The van der Waals surface area contributed by atoms with Crippen LogP contribution >= 0.6 is 0 Å². The number of carbonyl (C=O) groups excluding carboxylic acids is 1. The van der Waals surface area contributed by atoms with E-state index in [1.807, 2.05) is 0 Å². The Bertz CT molecular complexity index is 444. The topological polar surface area (TPSA) is 75.7 Å². The SMILES string of the molecule is CCCCCCCCCCCCCCCCCCOC(=O)COS(=O)([O-])=S.[Na+]. The molecule has 0 aromatic rings. The Morgan fingerprint density at radius 2 is 1.14 bits per heavy atom. The molecule has 5 nitrogen and oxygen atoms in total. The number of hydrogen-bond acceptors (Lipinski definition) is 6. The fourth-order valence-electron chi connectivity index (χ4n) is 3.00. The molecule has 0 aromatic heterocycles. The van der Waals surface area contributed by atoms with Crippen LogP contribution in [-0.4, -0.2) is 27.9 Å². The molecule has 0 bridgehead atoms. The summed E-state index contributed by atoms with van der Waals surface area (Å²) in [6.45, 7) is 1.93. The molecule has 0 aromatic carbocycles. The van der Waals surface area contributed by atoms with Gasteiger partial charge < -0.3 is 9.29 Å². The van der Waals surface area contributed by atoms with Crippen LogP contribution < -0.4 is 29.6 Å². The van der Waals surface area contributed by atoms with Gasteiger partial charge in [-0.25, -0.2) is 9.00 Å². The van der Waals surface area contributed by atoms with Crippen molar-refractivity contribution in [1.82, 2.24) is 0 Å². The Hall–Kier alpha value is 0.760. The van der Waals surface area contributed by atoms with Gasteiger partial charge in [0.25, 0.3) is 0 Å². The summed E-state index contributed by atoms with van der Waals surface area (Å²) in [5, 5.41) is 0. The average Bonchev–Trinajstić information content (AvgIpc) is 2.62. The van der Waals surface area contributed by atoms with Crippen molar-refractivity contribution in [2.45, 2.75) is 110 Å². The molecule has 0 aliphatic rings. The van der Waals surface area contributed by atoms with E-state index in [0.29, 0.717) is 6.61 Å². The van der Waals surface area contributed by atoms with Gasteiger partial charge in [-0.3, -0.25) is 4.18 Å². The summed E-state index contributed by atoms with van der Waals surface area (Å²) in [6.07, 6.45) is 20.6. The van der Waals surface area contributed by atoms with Crippen LogP contribution in [0.1, 0.15) is 110 Å². The Balaban J connectivity index is 0. The summed E-state index contributed by atoms with van der Waals surface area (Å²) < 4.78 is 30.2. The molecule has 0 saturated carbocycles. The number of hydrogen-bond donors (Lipinski definition) is 0. The van der Waals surface area contributed by atoms with Gasteiger partial charge in [0.15, 0.2) is 6.61 Å². The molecule has 0 rings (SSSR count). The van der Waals surface area contributed by atoms with E-state index in [9.17, 15) is 13.6 Å². The fourth-order valence-corrected chi connectivity index (χ4v) is 3.38. The van der Waals surface area contributed by atoms with Crippen LogP contribution in [0.15, 0.2) is 0 Å². The largest absolute Gasteiger partial charge is 1.00 e. The first-order chi connectivity index (χ1) is 13.0. The molecule has 0 radical (unpaired) electrons. The molecular weight excluding hydrogens is 407 g/mol. The fraction of sp³-hybridized carbons (Fsp3) is 0.950. The molecule has 0 heterocycles.